The zero-order chi connectivity index (χ0) is 29.2. The second-order valence-electron chi connectivity index (χ2n) is 12.9. The van der Waals surface area contributed by atoms with E-state index in [1.54, 1.807) is 17.0 Å². The molecule has 4 rings (SSSR count). The van der Waals surface area contributed by atoms with E-state index in [9.17, 15) is 14.4 Å². The van der Waals surface area contributed by atoms with Gasteiger partial charge in [0.25, 0.3) is 0 Å². The number of carbonyl (C=O) groups excluding carboxylic acids is 3. The fourth-order valence-electron chi connectivity index (χ4n) is 6.53. The molecule has 3 aliphatic heterocycles. The smallest absolute Gasteiger partial charge is 0.245 e. The lowest BCUT2D eigenvalue weighted by Crippen LogP contribution is -2.60. The van der Waals surface area contributed by atoms with Crippen molar-refractivity contribution in [3.63, 3.8) is 0 Å². The number of benzene rings is 1. The fourth-order valence-corrected chi connectivity index (χ4v) is 6.69. The second-order valence-corrected chi connectivity index (χ2v) is 13.3. The molecule has 1 aromatic rings. The van der Waals surface area contributed by atoms with Crippen LogP contribution in [0.25, 0.3) is 0 Å². The molecule has 0 saturated carbocycles. The fraction of sp³-hybridized carbons (Fsp3) is 0.700. The van der Waals surface area contributed by atoms with E-state index in [4.69, 9.17) is 16.3 Å². The molecule has 3 amide bonds. The molecule has 11 heteroatoms. The van der Waals surface area contributed by atoms with Gasteiger partial charge in [0.15, 0.2) is 0 Å². The second kappa shape index (κ2) is 14.0. The van der Waals surface area contributed by atoms with Crippen molar-refractivity contribution in [1.82, 2.24) is 20.0 Å². The number of hydrogen-bond acceptors (Lipinski definition) is 5. The molecule has 3 aliphatic rings. The molecule has 1 aromatic carbocycles. The molecule has 1 N–H and O–H groups in total. The van der Waals surface area contributed by atoms with E-state index in [2.05, 4.69) is 10.2 Å². The van der Waals surface area contributed by atoms with Crippen LogP contribution >= 0.6 is 24.0 Å². The molecule has 0 unspecified atom stereocenters. The van der Waals surface area contributed by atoms with Crippen molar-refractivity contribution in [3.05, 3.63) is 34.6 Å². The van der Waals surface area contributed by atoms with Crippen LogP contribution in [0.15, 0.2) is 18.2 Å². The van der Waals surface area contributed by atoms with Crippen molar-refractivity contribution in [2.75, 3.05) is 45.9 Å². The number of hydrogen-bond donors (Lipinski definition) is 1. The Morgan fingerprint density at radius 3 is 2.39 bits per heavy atom. The number of nitrogens with one attached hydrogen (secondary N) is 1. The Kier molecular flexibility index (Phi) is 11.5. The molecule has 3 saturated heterocycles. The Morgan fingerprint density at radius 2 is 1.80 bits per heavy atom. The number of halogens is 3. The maximum Gasteiger partial charge on any atom is 0.245 e. The van der Waals surface area contributed by atoms with Gasteiger partial charge < -0.3 is 19.9 Å². The summed E-state index contributed by atoms with van der Waals surface area (Å²) < 4.78 is 20.7. The summed E-state index contributed by atoms with van der Waals surface area (Å²) in [7, 11) is 0. The van der Waals surface area contributed by atoms with Gasteiger partial charge in [0.05, 0.1) is 5.92 Å². The average molecular weight is 616 g/mol. The lowest BCUT2D eigenvalue weighted by Gasteiger charge is -2.43. The molecule has 4 atom stereocenters. The summed E-state index contributed by atoms with van der Waals surface area (Å²) in [5.74, 6) is -1.40. The third-order valence-electron chi connectivity index (χ3n) is 8.45. The van der Waals surface area contributed by atoms with Gasteiger partial charge in [0.2, 0.25) is 17.7 Å². The summed E-state index contributed by atoms with van der Waals surface area (Å²) in [6.07, 6.45) is 2.33. The van der Waals surface area contributed by atoms with Gasteiger partial charge in [-0.05, 0) is 49.3 Å². The first-order valence-electron chi connectivity index (χ1n) is 14.5. The van der Waals surface area contributed by atoms with Crippen LogP contribution < -0.4 is 5.32 Å². The maximum absolute atomic E-state index is 15.1. The highest BCUT2D eigenvalue weighted by atomic mass is 35.5. The topological polar surface area (TPSA) is 82.2 Å². The number of amides is 3. The highest BCUT2D eigenvalue weighted by Gasteiger charge is 2.45. The van der Waals surface area contributed by atoms with E-state index >= 15 is 4.39 Å². The van der Waals surface area contributed by atoms with Gasteiger partial charge in [-0.1, -0.05) is 38.4 Å². The summed E-state index contributed by atoms with van der Waals surface area (Å²) in [4.78, 5) is 45.3. The monoisotopic (exact) mass is 614 g/mol. The third-order valence-corrected chi connectivity index (χ3v) is 8.68. The van der Waals surface area contributed by atoms with Crippen molar-refractivity contribution < 1.29 is 23.5 Å². The standard InChI is InChI=1S/C30H44ClFN4O4.ClH/c1-19-16-34(29(39)27(33-20(2)37)15-30(3,4)5)10-11-36(19)28(38)25-18-35(22-8-12-40-13-9-22)17-24(25)23-7-6-21(31)14-26(23)32;/h6-7,14,19,22,24-25,27H,8-13,15-18H2,1-5H3,(H,33,37);1H/t19-,24-,25+,27-;/m0./s1. The molecule has 230 valence electrons. The molecule has 0 spiro atoms. The Morgan fingerprint density at radius 1 is 1.12 bits per heavy atom. The Balaban J connectivity index is 0.00000462. The van der Waals surface area contributed by atoms with E-state index < -0.39 is 12.0 Å². The minimum absolute atomic E-state index is 0. The predicted octanol–water partition coefficient (Wildman–Crippen LogP) is 4.10. The summed E-state index contributed by atoms with van der Waals surface area (Å²) in [6, 6.07) is 4.23. The van der Waals surface area contributed by atoms with E-state index in [-0.39, 0.29) is 53.3 Å². The zero-order valence-electron chi connectivity index (χ0n) is 24.8. The third kappa shape index (κ3) is 8.33. The molecule has 3 fully saturated rings. The Bertz CT molecular complexity index is 1090. The van der Waals surface area contributed by atoms with E-state index in [1.807, 2.05) is 32.6 Å². The lowest BCUT2D eigenvalue weighted by atomic mass is 9.86. The van der Waals surface area contributed by atoms with Crippen molar-refractivity contribution in [2.24, 2.45) is 11.3 Å². The number of rotatable bonds is 6. The minimum atomic E-state index is -0.605. The van der Waals surface area contributed by atoms with Crippen LogP contribution in [0.5, 0.6) is 0 Å². The first-order valence-corrected chi connectivity index (χ1v) is 14.8. The molecular weight excluding hydrogens is 570 g/mol. The summed E-state index contributed by atoms with van der Waals surface area (Å²) in [6.45, 7) is 13.3. The van der Waals surface area contributed by atoms with Crippen LogP contribution in [0, 0.1) is 17.2 Å². The first-order chi connectivity index (χ1) is 18.8. The zero-order valence-corrected chi connectivity index (χ0v) is 26.4. The lowest BCUT2D eigenvalue weighted by molar-refractivity contribution is -0.147. The van der Waals surface area contributed by atoms with Crippen LogP contribution in [-0.2, 0) is 19.1 Å². The molecule has 0 aromatic heterocycles. The van der Waals surface area contributed by atoms with E-state index in [1.165, 1.54) is 13.0 Å². The van der Waals surface area contributed by atoms with Crippen molar-refractivity contribution in [3.8, 4) is 0 Å². The van der Waals surface area contributed by atoms with Gasteiger partial charge in [0, 0.05) is 75.9 Å². The van der Waals surface area contributed by atoms with E-state index in [0.717, 1.165) is 12.8 Å². The average Bonchev–Trinajstić information content (AvgIpc) is 3.32. The number of likely N-dealkylation sites (tertiary alicyclic amines) is 1. The highest BCUT2D eigenvalue weighted by Crippen LogP contribution is 2.38. The molecule has 0 aliphatic carbocycles. The summed E-state index contributed by atoms with van der Waals surface area (Å²) in [5, 5.41) is 3.16. The van der Waals surface area contributed by atoms with Crippen LogP contribution in [0.2, 0.25) is 5.02 Å². The number of piperazine rings is 1. The number of nitrogens with zero attached hydrogens (tertiary/aromatic N) is 3. The van der Waals surface area contributed by atoms with Gasteiger partial charge in [0.1, 0.15) is 11.9 Å². The summed E-state index contributed by atoms with van der Waals surface area (Å²) in [5.41, 5.74) is 0.385. The highest BCUT2D eigenvalue weighted by molar-refractivity contribution is 6.30. The largest absolute Gasteiger partial charge is 0.381 e. The molecule has 0 bridgehead atoms. The Hall–Kier alpha value is -1.94. The summed E-state index contributed by atoms with van der Waals surface area (Å²) >= 11 is 6.04. The van der Waals surface area contributed by atoms with Gasteiger partial charge in [-0.15, -0.1) is 12.4 Å². The molecule has 0 radical (unpaired) electrons. The number of carbonyl (C=O) groups is 3. The normalized spacial score (nSPS) is 25.0. The molecular formula is C30H45Cl2FN4O4. The molecule has 41 heavy (non-hydrogen) atoms. The SMILES string of the molecule is CC(=O)N[C@@H](CC(C)(C)C)C(=O)N1CCN(C(=O)[C@@H]2CN(C3CCOCC3)C[C@H]2c2ccc(Cl)cc2F)[C@@H](C)C1.Cl. The van der Waals surface area contributed by atoms with Gasteiger partial charge >= 0.3 is 0 Å². The van der Waals surface area contributed by atoms with Crippen LogP contribution in [0.1, 0.15) is 65.4 Å². The van der Waals surface area contributed by atoms with Gasteiger partial charge in [-0.25, -0.2) is 4.39 Å². The van der Waals surface area contributed by atoms with Crippen molar-refractivity contribution in [1.29, 1.82) is 0 Å². The minimum Gasteiger partial charge on any atom is -0.381 e. The van der Waals surface area contributed by atoms with Gasteiger partial charge in [-0.2, -0.15) is 0 Å². The molecule has 8 nitrogen and oxygen atoms in total. The van der Waals surface area contributed by atoms with Crippen molar-refractivity contribution in [2.45, 2.75) is 77.9 Å². The molecule has 3 heterocycles. The van der Waals surface area contributed by atoms with E-state index in [0.29, 0.717) is 69.0 Å². The van der Waals surface area contributed by atoms with Crippen LogP contribution in [0.3, 0.4) is 0 Å². The maximum atomic E-state index is 15.1. The number of ether oxygens (including phenoxy) is 1. The predicted molar refractivity (Wildman–Crippen MR) is 160 cm³/mol. The van der Waals surface area contributed by atoms with Gasteiger partial charge in [-0.3, -0.25) is 19.3 Å². The van der Waals surface area contributed by atoms with Crippen LogP contribution in [-0.4, -0.2) is 96.5 Å². The Labute approximate surface area is 254 Å². The first kappa shape index (κ1) is 33.6. The van der Waals surface area contributed by atoms with Crippen molar-refractivity contribution >= 4 is 41.7 Å². The quantitative estimate of drug-likeness (QED) is 0.522. The van der Waals surface area contributed by atoms with Crippen LogP contribution in [0.4, 0.5) is 4.39 Å².